The average molecular weight is 676 g/mol. The van der Waals surface area contributed by atoms with E-state index < -0.39 is 34.4 Å². The van der Waals surface area contributed by atoms with Crippen molar-refractivity contribution in [1.29, 1.82) is 0 Å². The Kier molecular flexibility index (Phi) is 12.0. The van der Waals surface area contributed by atoms with Crippen LogP contribution < -0.4 is 5.32 Å². The van der Waals surface area contributed by atoms with Gasteiger partial charge >= 0.3 is 6.09 Å². The van der Waals surface area contributed by atoms with Gasteiger partial charge in [-0.15, -0.1) is 0 Å². The third kappa shape index (κ3) is 8.61. The van der Waals surface area contributed by atoms with E-state index in [4.69, 9.17) is 18.7 Å². The van der Waals surface area contributed by atoms with Crippen LogP contribution in [0.25, 0.3) is 11.0 Å². The molecule has 252 valence electrons. The monoisotopic (exact) mass is 675 g/mol. The minimum Gasteiger partial charge on any atom is -0.443 e. The van der Waals surface area contributed by atoms with Gasteiger partial charge in [-0.25, -0.2) is 13.2 Å². The number of fused-ring (bicyclic) bond motifs is 2. The number of benzene rings is 2. The van der Waals surface area contributed by atoms with E-state index >= 15 is 0 Å². The van der Waals surface area contributed by atoms with Gasteiger partial charge in [0.15, 0.2) is 11.9 Å². The first kappa shape index (κ1) is 34.6. The molecule has 46 heavy (non-hydrogen) atoms. The second-order valence-electron chi connectivity index (χ2n) is 12.4. The summed E-state index contributed by atoms with van der Waals surface area (Å²) in [4.78, 5) is 13.2. The standard InChI is InChI=1S/C33H45N3O8S2/c1-4-5-15-45-21-28-26-17-24(11-12-30(26)44-35-28)46(39,40)36(18-22(2)3)19-29(37)27(16-23-9-7-6-8-10-23)34-33(38)43-31-20-42-32-25(31)13-14-41-32/h6-12,17,22,25,27,29,31-32,37H,4-5,13-16,18-21H2,1-3H3,(H,34,38)/t25-,27-,29+,31?,32+/m0/s1. The van der Waals surface area contributed by atoms with Crippen molar-refractivity contribution in [2.24, 2.45) is 11.8 Å². The number of thioether (sulfide) groups is 1. The van der Waals surface area contributed by atoms with Gasteiger partial charge in [0.1, 0.15) is 11.8 Å². The number of ether oxygens (including phenoxy) is 3. The van der Waals surface area contributed by atoms with E-state index in [0.717, 1.165) is 30.6 Å². The topological polar surface area (TPSA) is 140 Å². The summed E-state index contributed by atoms with van der Waals surface area (Å²) in [5.41, 5.74) is 2.10. The van der Waals surface area contributed by atoms with E-state index in [1.807, 2.05) is 44.2 Å². The highest BCUT2D eigenvalue weighted by atomic mass is 32.2. The van der Waals surface area contributed by atoms with Gasteiger partial charge in [0.2, 0.25) is 10.0 Å². The lowest BCUT2D eigenvalue weighted by atomic mass is 10.0. The number of alkyl carbamates (subject to hydrolysis) is 1. The Bertz CT molecular complexity index is 1530. The zero-order valence-electron chi connectivity index (χ0n) is 26.7. The number of amides is 1. The lowest BCUT2D eigenvalue weighted by Gasteiger charge is -2.31. The Balaban J connectivity index is 1.34. The predicted octanol–water partition coefficient (Wildman–Crippen LogP) is 4.97. The largest absolute Gasteiger partial charge is 0.443 e. The quantitative estimate of drug-likeness (QED) is 0.200. The Morgan fingerprint density at radius 1 is 1.17 bits per heavy atom. The normalized spacial score (nSPS) is 21.1. The molecule has 2 aromatic carbocycles. The van der Waals surface area contributed by atoms with E-state index in [9.17, 15) is 18.3 Å². The Morgan fingerprint density at radius 3 is 2.74 bits per heavy atom. The van der Waals surface area contributed by atoms with Gasteiger partial charge in [0.25, 0.3) is 0 Å². The van der Waals surface area contributed by atoms with Gasteiger partial charge in [-0.2, -0.15) is 16.1 Å². The minimum absolute atomic E-state index is 0.0266. The summed E-state index contributed by atoms with van der Waals surface area (Å²) < 4.78 is 51.9. The highest BCUT2D eigenvalue weighted by Crippen LogP contribution is 2.33. The van der Waals surface area contributed by atoms with Crippen LogP contribution in [0.3, 0.4) is 0 Å². The Labute approximate surface area is 275 Å². The number of hydrogen-bond acceptors (Lipinski definition) is 10. The molecule has 0 bridgehead atoms. The summed E-state index contributed by atoms with van der Waals surface area (Å²) in [5.74, 6) is 1.54. The summed E-state index contributed by atoms with van der Waals surface area (Å²) >= 11 is 1.74. The van der Waals surface area contributed by atoms with Crippen LogP contribution in [0.4, 0.5) is 4.79 Å². The molecule has 5 rings (SSSR count). The molecule has 1 unspecified atom stereocenters. The third-order valence-corrected chi connectivity index (χ3v) is 11.2. The van der Waals surface area contributed by atoms with Gasteiger partial charge in [-0.3, -0.25) is 0 Å². The molecule has 11 nitrogen and oxygen atoms in total. The molecule has 2 N–H and O–H groups in total. The van der Waals surface area contributed by atoms with Crippen LogP contribution in [-0.2, 0) is 36.4 Å². The fourth-order valence-corrected chi connectivity index (χ4v) is 8.52. The van der Waals surface area contributed by atoms with E-state index in [0.29, 0.717) is 29.0 Å². The average Bonchev–Trinajstić information content (AvgIpc) is 3.76. The number of sulfonamides is 1. The minimum atomic E-state index is -4.05. The first-order valence-corrected chi connectivity index (χ1v) is 18.6. The molecule has 2 fully saturated rings. The number of nitrogens with zero attached hydrogens (tertiary/aromatic N) is 2. The van der Waals surface area contributed by atoms with E-state index in [2.05, 4.69) is 17.4 Å². The molecular weight excluding hydrogens is 631 g/mol. The molecule has 0 saturated carbocycles. The number of carbonyl (C=O) groups excluding carboxylic acids is 1. The first-order valence-electron chi connectivity index (χ1n) is 16.0. The number of aliphatic hydroxyl groups is 1. The molecule has 0 aliphatic carbocycles. The second kappa shape index (κ2) is 15.9. The molecular formula is C33H45N3O8S2. The zero-order valence-corrected chi connectivity index (χ0v) is 28.3. The van der Waals surface area contributed by atoms with Crippen molar-refractivity contribution in [2.75, 3.05) is 32.1 Å². The Hall–Kier alpha value is -2.68. The number of aliphatic hydroxyl groups excluding tert-OH is 1. The number of aromatic nitrogens is 1. The van der Waals surface area contributed by atoms with Crippen LogP contribution >= 0.6 is 11.8 Å². The molecule has 2 aliphatic rings. The SMILES string of the molecule is CCCCSCc1noc2ccc(S(=O)(=O)N(CC(C)C)C[C@@H](O)[C@H](Cc3ccccc3)NC(=O)OC3CO[C@H]4OCC[C@@H]34)cc12. The molecule has 0 radical (unpaired) electrons. The van der Waals surface area contributed by atoms with Crippen LogP contribution in [0, 0.1) is 11.8 Å². The van der Waals surface area contributed by atoms with Gasteiger partial charge in [0, 0.05) is 24.2 Å². The summed E-state index contributed by atoms with van der Waals surface area (Å²) in [7, 11) is -4.05. The maximum Gasteiger partial charge on any atom is 0.407 e. The number of unbranched alkanes of at least 4 members (excludes halogenated alkanes) is 1. The summed E-state index contributed by atoms with van der Waals surface area (Å²) in [6.07, 6.45) is 0.440. The molecule has 0 spiro atoms. The van der Waals surface area contributed by atoms with E-state index in [-0.39, 0.29) is 49.1 Å². The molecule has 1 amide bonds. The van der Waals surface area contributed by atoms with Gasteiger partial charge < -0.3 is 29.2 Å². The predicted molar refractivity (Wildman–Crippen MR) is 176 cm³/mol. The first-order chi connectivity index (χ1) is 22.2. The number of hydrogen-bond donors (Lipinski definition) is 2. The molecule has 3 heterocycles. The fourth-order valence-electron chi connectivity index (χ4n) is 5.83. The lowest BCUT2D eigenvalue weighted by Crippen LogP contribution is -2.51. The van der Waals surface area contributed by atoms with Crippen molar-refractivity contribution in [3.8, 4) is 0 Å². The van der Waals surface area contributed by atoms with E-state index in [1.54, 1.807) is 23.9 Å². The number of rotatable bonds is 16. The van der Waals surface area contributed by atoms with Crippen molar-refractivity contribution in [1.82, 2.24) is 14.8 Å². The van der Waals surface area contributed by atoms with Crippen LogP contribution in [0.15, 0.2) is 57.9 Å². The van der Waals surface area contributed by atoms with Crippen molar-refractivity contribution in [3.63, 3.8) is 0 Å². The maximum atomic E-state index is 14.1. The second-order valence-corrected chi connectivity index (χ2v) is 15.4. The van der Waals surface area contributed by atoms with E-state index in [1.165, 1.54) is 10.4 Å². The van der Waals surface area contributed by atoms with Gasteiger partial charge in [-0.05, 0) is 54.7 Å². The highest BCUT2D eigenvalue weighted by Gasteiger charge is 2.44. The highest BCUT2D eigenvalue weighted by molar-refractivity contribution is 7.98. The molecule has 1 aromatic heterocycles. The number of carbonyl (C=O) groups is 1. The molecule has 3 aromatic rings. The van der Waals surface area contributed by atoms with Crippen molar-refractivity contribution >= 4 is 38.8 Å². The third-order valence-electron chi connectivity index (χ3n) is 8.30. The summed E-state index contributed by atoms with van der Waals surface area (Å²) in [6.45, 7) is 6.71. The lowest BCUT2D eigenvalue weighted by molar-refractivity contribution is -0.0907. The van der Waals surface area contributed by atoms with Crippen molar-refractivity contribution in [2.45, 2.75) is 81.6 Å². The summed E-state index contributed by atoms with van der Waals surface area (Å²) in [6, 6.07) is 13.3. The maximum absolute atomic E-state index is 14.1. The van der Waals surface area contributed by atoms with Crippen molar-refractivity contribution < 1.29 is 37.1 Å². The van der Waals surface area contributed by atoms with Crippen molar-refractivity contribution in [3.05, 3.63) is 59.8 Å². The van der Waals surface area contributed by atoms with Crippen LogP contribution in [0.2, 0.25) is 0 Å². The zero-order chi connectivity index (χ0) is 32.7. The molecule has 13 heteroatoms. The van der Waals surface area contributed by atoms with Crippen LogP contribution in [0.5, 0.6) is 0 Å². The fraction of sp³-hybridized carbons (Fsp3) is 0.576. The summed E-state index contributed by atoms with van der Waals surface area (Å²) in [5, 5.41) is 19.3. The van der Waals surface area contributed by atoms with Crippen LogP contribution in [-0.4, -0.2) is 85.7 Å². The van der Waals surface area contributed by atoms with Crippen LogP contribution in [0.1, 0.15) is 51.3 Å². The van der Waals surface area contributed by atoms with Gasteiger partial charge in [-0.1, -0.05) is 62.7 Å². The van der Waals surface area contributed by atoms with Gasteiger partial charge in [0.05, 0.1) is 36.2 Å². The molecule has 5 atom stereocenters. The molecule has 2 aliphatic heterocycles. The smallest absolute Gasteiger partial charge is 0.407 e. The Morgan fingerprint density at radius 2 is 1.98 bits per heavy atom. The number of nitrogens with one attached hydrogen (secondary N) is 1. The molecule has 2 saturated heterocycles.